The van der Waals surface area contributed by atoms with Crippen LogP contribution >= 0.6 is 0 Å². The van der Waals surface area contributed by atoms with Gasteiger partial charge in [-0.3, -0.25) is 0 Å². The van der Waals surface area contributed by atoms with E-state index in [2.05, 4.69) is 0 Å². The Balaban J connectivity index is 1.55. The first kappa shape index (κ1) is 14.7. The van der Waals surface area contributed by atoms with E-state index in [0.29, 0.717) is 24.7 Å². The van der Waals surface area contributed by atoms with Gasteiger partial charge in [0.2, 0.25) is 0 Å². The highest BCUT2D eigenvalue weighted by atomic mass is 19.4. The molecule has 0 aliphatic heterocycles. The molecule has 116 valence electrons. The molecule has 0 amide bonds. The van der Waals surface area contributed by atoms with Crippen molar-refractivity contribution in [1.29, 1.82) is 0 Å². The fraction of sp³-hybridized carbons (Fsp3) is 1.00. The molecule has 20 heavy (non-hydrogen) atoms. The summed E-state index contributed by atoms with van der Waals surface area (Å²) in [6, 6.07) is 0. The molecule has 3 fully saturated rings. The van der Waals surface area contributed by atoms with Crippen molar-refractivity contribution in [3.8, 4) is 0 Å². The van der Waals surface area contributed by atoms with Crippen LogP contribution in [-0.2, 0) is 0 Å². The Labute approximate surface area is 120 Å². The quantitative estimate of drug-likeness (QED) is 0.558. The Kier molecular flexibility index (Phi) is 4.33. The van der Waals surface area contributed by atoms with Crippen LogP contribution in [0.5, 0.6) is 0 Å². The first-order valence-corrected chi connectivity index (χ1v) is 8.60. The van der Waals surface area contributed by atoms with Gasteiger partial charge in [0.15, 0.2) is 0 Å². The van der Waals surface area contributed by atoms with E-state index in [0.717, 1.165) is 24.7 Å². The highest BCUT2D eigenvalue weighted by Crippen LogP contribution is 2.51. The molecule has 3 aliphatic rings. The molecule has 0 aromatic carbocycles. The summed E-state index contributed by atoms with van der Waals surface area (Å²) in [6.07, 6.45) is 8.12. The van der Waals surface area contributed by atoms with E-state index in [1.54, 1.807) is 0 Å². The molecule has 0 radical (unpaired) electrons. The van der Waals surface area contributed by atoms with E-state index in [9.17, 15) is 13.2 Å². The van der Waals surface area contributed by atoms with E-state index >= 15 is 0 Å². The number of hydrogen-bond donors (Lipinski definition) is 0. The van der Waals surface area contributed by atoms with E-state index in [1.165, 1.54) is 44.9 Å². The average Bonchev–Trinajstić information content (AvgIpc) is 2.46. The predicted molar refractivity (Wildman–Crippen MR) is 74.3 cm³/mol. The van der Waals surface area contributed by atoms with Gasteiger partial charge in [-0.1, -0.05) is 32.1 Å². The molecule has 0 saturated heterocycles. The summed E-state index contributed by atoms with van der Waals surface area (Å²) >= 11 is 0. The van der Waals surface area contributed by atoms with Crippen LogP contribution < -0.4 is 0 Å². The molecule has 0 N–H and O–H groups in total. The van der Waals surface area contributed by atoms with Gasteiger partial charge in [0, 0.05) is 0 Å². The molecular weight excluding hydrogens is 261 g/mol. The largest absolute Gasteiger partial charge is 0.391 e. The van der Waals surface area contributed by atoms with Crippen molar-refractivity contribution in [2.24, 2.45) is 29.6 Å². The van der Waals surface area contributed by atoms with Crippen LogP contribution in [0.3, 0.4) is 0 Å². The van der Waals surface area contributed by atoms with Crippen LogP contribution in [0.25, 0.3) is 0 Å². The molecule has 0 nitrogen and oxygen atoms in total. The van der Waals surface area contributed by atoms with Crippen molar-refractivity contribution in [2.45, 2.75) is 76.8 Å². The SMILES string of the molecule is FC(F)(F)C1CCC2CC(C3CCCCC3)CCC2C1. The molecule has 3 rings (SSSR count). The third-order valence-electron chi connectivity index (χ3n) is 6.43. The van der Waals surface area contributed by atoms with Crippen LogP contribution in [0, 0.1) is 29.6 Å². The summed E-state index contributed by atoms with van der Waals surface area (Å²) in [5.74, 6) is 1.70. The maximum Gasteiger partial charge on any atom is 0.391 e. The van der Waals surface area contributed by atoms with Gasteiger partial charge in [0.25, 0.3) is 0 Å². The number of hydrogen-bond acceptors (Lipinski definition) is 0. The lowest BCUT2D eigenvalue weighted by Gasteiger charge is -2.45. The maximum atomic E-state index is 12.9. The predicted octanol–water partition coefficient (Wildman–Crippen LogP) is 5.96. The normalized spacial score (nSPS) is 40.4. The third kappa shape index (κ3) is 3.17. The van der Waals surface area contributed by atoms with Crippen LogP contribution in [0.4, 0.5) is 13.2 Å². The van der Waals surface area contributed by atoms with Gasteiger partial charge in [-0.15, -0.1) is 0 Å². The second-order valence-corrected chi connectivity index (χ2v) is 7.54. The minimum Gasteiger partial charge on any atom is -0.171 e. The summed E-state index contributed by atoms with van der Waals surface area (Å²) in [7, 11) is 0. The van der Waals surface area contributed by atoms with E-state index in [4.69, 9.17) is 0 Å². The topological polar surface area (TPSA) is 0 Å². The monoisotopic (exact) mass is 288 g/mol. The van der Waals surface area contributed by atoms with Gasteiger partial charge in [-0.05, 0) is 62.2 Å². The molecule has 0 aromatic heterocycles. The van der Waals surface area contributed by atoms with Crippen LogP contribution in [-0.4, -0.2) is 6.18 Å². The molecule has 3 heteroatoms. The molecule has 0 heterocycles. The first-order chi connectivity index (χ1) is 9.54. The van der Waals surface area contributed by atoms with Crippen molar-refractivity contribution in [3.05, 3.63) is 0 Å². The fourth-order valence-electron chi connectivity index (χ4n) is 5.26. The van der Waals surface area contributed by atoms with Gasteiger partial charge in [0.05, 0.1) is 5.92 Å². The minimum atomic E-state index is -3.95. The highest BCUT2D eigenvalue weighted by Gasteiger charge is 2.46. The standard InChI is InChI=1S/C17H27F3/c18-17(19,20)16-9-8-14-10-13(6-7-15(14)11-16)12-4-2-1-3-5-12/h12-16H,1-11H2. The van der Waals surface area contributed by atoms with E-state index in [1.807, 2.05) is 0 Å². The van der Waals surface area contributed by atoms with Gasteiger partial charge >= 0.3 is 6.18 Å². The molecule has 4 unspecified atom stereocenters. The van der Waals surface area contributed by atoms with Crippen molar-refractivity contribution >= 4 is 0 Å². The Morgan fingerprint density at radius 2 is 1.10 bits per heavy atom. The second-order valence-electron chi connectivity index (χ2n) is 7.54. The number of halogens is 3. The molecule has 4 atom stereocenters. The number of fused-ring (bicyclic) bond motifs is 1. The van der Waals surface area contributed by atoms with Crippen molar-refractivity contribution in [1.82, 2.24) is 0 Å². The molecular formula is C17H27F3. The zero-order chi connectivity index (χ0) is 14.2. The second kappa shape index (κ2) is 5.88. The molecule has 0 aromatic rings. The summed E-state index contributed by atoms with van der Waals surface area (Å²) in [6.45, 7) is 0. The first-order valence-electron chi connectivity index (χ1n) is 8.60. The fourth-order valence-corrected chi connectivity index (χ4v) is 5.26. The van der Waals surface area contributed by atoms with Crippen molar-refractivity contribution < 1.29 is 13.2 Å². The van der Waals surface area contributed by atoms with Crippen LogP contribution in [0.2, 0.25) is 0 Å². The zero-order valence-electron chi connectivity index (χ0n) is 12.3. The van der Waals surface area contributed by atoms with E-state index < -0.39 is 12.1 Å². The smallest absolute Gasteiger partial charge is 0.171 e. The Morgan fingerprint density at radius 1 is 0.550 bits per heavy atom. The highest BCUT2D eigenvalue weighted by molar-refractivity contribution is 4.90. The molecule has 0 bridgehead atoms. The molecule has 3 saturated carbocycles. The van der Waals surface area contributed by atoms with Gasteiger partial charge in [-0.2, -0.15) is 13.2 Å². The van der Waals surface area contributed by atoms with E-state index in [-0.39, 0.29) is 0 Å². The lowest BCUT2D eigenvalue weighted by molar-refractivity contribution is -0.191. The Hall–Kier alpha value is -0.210. The van der Waals surface area contributed by atoms with Crippen molar-refractivity contribution in [3.63, 3.8) is 0 Å². The maximum absolute atomic E-state index is 12.9. The average molecular weight is 288 g/mol. The number of rotatable bonds is 1. The summed E-state index contributed by atoms with van der Waals surface area (Å²) < 4.78 is 38.6. The van der Waals surface area contributed by atoms with Gasteiger partial charge in [0.1, 0.15) is 0 Å². The lowest BCUT2D eigenvalue weighted by atomic mass is 9.61. The molecule has 0 spiro atoms. The number of alkyl halides is 3. The Morgan fingerprint density at radius 3 is 1.75 bits per heavy atom. The summed E-state index contributed by atoms with van der Waals surface area (Å²) in [5, 5.41) is 0. The van der Waals surface area contributed by atoms with Crippen molar-refractivity contribution in [2.75, 3.05) is 0 Å². The van der Waals surface area contributed by atoms with Crippen LogP contribution in [0.15, 0.2) is 0 Å². The summed E-state index contributed by atoms with van der Waals surface area (Å²) in [4.78, 5) is 0. The van der Waals surface area contributed by atoms with Gasteiger partial charge in [-0.25, -0.2) is 0 Å². The zero-order valence-corrected chi connectivity index (χ0v) is 12.3. The molecule has 3 aliphatic carbocycles. The lowest BCUT2D eigenvalue weighted by Crippen LogP contribution is -2.37. The third-order valence-corrected chi connectivity index (χ3v) is 6.43. The van der Waals surface area contributed by atoms with Gasteiger partial charge < -0.3 is 0 Å². The van der Waals surface area contributed by atoms with Crippen LogP contribution in [0.1, 0.15) is 70.6 Å². The minimum absolute atomic E-state index is 0.371. The summed E-state index contributed by atoms with van der Waals surface area (Å²) in [5.41, 5.74) is 0. The Bertz CT molecular complexity index is 317.